The lowest BCUT2D eigenvalue weighted by Crippen LogP contribution is -2.36. The highest BCUT2D eigenvalue weighted by Gasteiger charge is 2.35. The number of nitrogens with zero attached hydrogens (tertiary/aromatic N) is 3. The molecule has 1 aromatic rings. The lowest BCUT2D eigenvalue weighted by molar-refractivity contribution is -0.384. The number of carbonyl (C=O) groups is 1. The van der Waals surface area contributed by atoms with E-state index in [-0.39, 0.29) is 23.7 Å². The molecule has 2 rings (SSSR count). The summed E-state index contributed by atoms with van der Waals surface area (Å²) in [4.78, 5) is 23.4. The predicted octanol–water partition coefficient (Wildman–Crippen LogP) is 1.68. The molecular formula is C15H21N3O6S. The van der Waals surface area contributed by atoms with Crippen molar-refractivity contribution in [2.45, 2.75) is 37.6 Å². The standard InChI is InChI=1S/C15H21N3O6S/c1-3-16(4-2)25(23,24)11-7-8-12(14(10-11)18(21)22)17-9-5-6-13(17)15(19)20/h7-8,10,13H,3-6,9H2,1-2H3,(H,19,20)/t13-/m1/s1. The van der Waals surface area contributed by atoms with Crippen molar-refractivity contribution in [1.82, 2.24) is 4.31 Å². The van der Waals surface area contributed by atoms with Gasteiger partial charge in [0.15, 0.2) is 0 Å². The Kier molecular flexibility index (Phi) is 5.63. The monoisotopic (exact) mass is 371 g/mol. The van der Waals surface area contributed by atoms with E-state index in [0.29, 0.717) is 19.4 Å². The van der Waals surface area contributed by atoms with Crippen LogP contribution in [0.1, 0.15) is 26.7 Å². The molecule has 10 heteroatoms. The van der Waals surface area contributed by atoms with E-state index in [1.807, 2.05) is 0 Å². The van der Waals surface area contributed by atoms with Crippen LogP contribution >= 0.6 is 0 Å². The average Bonchev–Trinajstić information content (AvgIpc) is 3.04. The van der Waals surface area contributed by atoms with Gasteiger partial charge in [-0.2, -0.15) is 4.31 Å². The average molecular weight is 371 g/mol. The van der Waals surface area contributed by atoms with E-state index >= 15 is 0 Å². The highest BCUT2D eigenvalue weighted by Crippen LogP contribution is 2.35. The lowest BCUT2D eigenvalue weighted by atomic mass is 10.2. The van der Waals surface area contributed by atoms with Crippen molar-refractivity contribution in [3.05, 3.63) is 28.3 Å². The van der Waals surface area contributed by atoms with Crippen LogP contribution < -0.4 is 4.90 Å². The molecule has 1 aliphatic heterocycles. The van der Waals surface area contributed by atoms with Crippen molar-refractivity contribution >= 4 is 27.4 Å². The zero-order chi connectivity index (χ0) is 18.8. The van der Waals surface area contributed by atoms with Gasteiger partial charge in [-0.1, -0.05) is 13.8 Å². The number of rotatable bonds is 7. The third kappa shape index (κ3) is 3.59. The van der Waals surface area contributed by atoms with Gasteiger partial charge in [0.25, 0.3) is 5.69 Å². The van der Waals surface area contributed by atoms with Gasteiger partial charge in [0.05, 0.1) is 9.82 Å². The van der Waals surface area contributed by atoms with Crippen molar-refractivity contribution in [2.24, 2.45) is 0 Å². The Morgan fingerprint density at radius 1 is 1.40 bits per heavy atom. The summed E-state index contributed by atoms with van der Waals surface area (Å²) in [7, 11) is -3.83. The fourth-order valence-corrected chi connectivity index (χ4v) is 4.56. The number of aliphatic carboxylic acids is 1. The zero-order valence-electron chi connectivity index (χ0n) is 14.1. The number of hydrogen-bond donors (Lipinski definition) is 1. The van der Waals surface area contributed by atoms with Crippen molar-refractivity contribution < 1.29 is 23.2 Å². The second-order valence-corrected chi connectivity index (χ2v) is 7.62. The highest BCUT2D eigenvalue weighted by atomic mass is 32.2. The van der Waals surface area contributed by atoms with Crippen LogP contribution in [-0.4, -0.2) is 54.4 Å². The molecule has 1 N–H and O–H groups in total. The van der Waals surface area contributed by atoms with E-state index in [0.717, 1.165) is 6.07 Å². The van der Waals surface area contributed by atoms with Crippen LogP contribution in [0.3, 0.4) is 0 Å². The van der Waals surface area contributed by atoms with Gasteiger partial charge in [-0.05, 0) is 25.0 Å². The molecule has 25 heavy (non-hydrogen) atoms. The normalized spacial score (nSPS) is 17.9. The molecule has 1 fully saturated rings. The first kappa shape index (κ1) is 19.1. The Morgan fingerprint density at radius 3 is 2.56 bits per heavy atom. The van der Waals surface area contributed by atoms with E-state index < -0.39 is 32.6 Å². The van der Waals surface area contributed by atoms with Gasteiger partial charge in [-0.15, -0.1) is 0 Å². The summed E-state index contributed by atoms with van der Waals surface area (Å²) in [6.07, 6.45) is 1.000. The molecule has 9 nitrogen and oxygen atoms in total. The van der Waals surface area contributed by atoms with Gasteiger partial charge in [-0.25, -0.2) is 13.2 Å². The van der Waals surface area contributed by atoms with Crippen LogP contribution in [-0.2, 0) is 14.8 Å². The summed E-state index contributed by atoms with van der Waals surface area (Å²) < 4.78 is 26.3. The van der Waals surface area contributed by atoms with Crippen LogP contribution in [0.25, 0.3) is 0 Å². The minimum Gasteiger partial charge on any atom is -0.480 e. The van der Waals surface area contributed by atoms with Crippen molar-refractivity contribution in [2.75, 3.05) is 24.5 Å². The minimum atomic E-state index is -3.83. The molecule has 0 aliphatic carbocycles. The van der Waals surface area contributed by atoms with Gasteiger partial charge >= 0.3 is 5.97 Å². The first-order valence-corrected chi connectivity index (χ1v) is 9.46. The molecule has 1 aromatic carbocycles. The highest BCUT2D eigenvalue weighted by molar-refractivity contribution is 7.89. The molecule has 1 aliphatic rings. The fraction of sp³-hybridized carbons (Fsp3) is 0.533. The van der Waals surface area contributed by atoms with Gasteiger partial charge in [0.2, 0.25) is 10.0 Å². The molecule has 0 amide bonds. The summed E-state index contributed by atoms with van der Waals surface area (Å²) in [6, 6.07) is 2.80. The largest absolute Gasteiger partial charge is 0.480 e. The summed E-state index contributed by atoms with van der Waals surface area (Å²) in [5.74, 6) is -1.05. The number of carboxylic acid groups (broad SMARTS) is 1. The quantitative estimate of drug-likeness (QED) is 0.571. The number of carboxylic acids is 1. The smallest absolute Gasteiger partial charge is 0.326 e. The van der Waals surface area contributed by atoms with Crippen LogP contribution in [0.2, 0.25) is 0 Å². The Morgan fingerprint density at radius 2 is 2.04 bits per heavy atom. The number of sulfonamides is 1. The van der Waals surface area contributed by atoms with Crippen LogP contribution in [0.4, 0.5) is 11.4 Å². The van der Waals surface area contributed by atoms with E-state index in [1.54, 1.807) is 13.8 Å². The van der Waals surface area contributed by atoms with Crippen LogP contribution in [0.5, 0.6) is 0 Å². The predicted molar refractivity (Wildman–Crippen MR) is 91.2 cm³/mol. The topological polar surface area (TPSA) is 121 Å². The Labute approximate surface area is 146 Å². The lowest BCUT2D eigenvalue weighted by Gasteiger charge is -2.24. The van der Waals surface area contributed by atoms with Crippen molar-refractivity contribution in [3.63, 3.8) is 0 Å². The molecule has 0 aromatic heterocycles. The van der Waals surface area contributed by atoms with Crippen molar-refractivity contribution in [3.8, 4) is 0 Å². The molecule has 0 spiro atoms. The molecule has 0 radical (unpaired) electrons. The first-order chi connectivity index (χ1) is 11.7. The molecule has 1 saturated heterocycles. The number of nitro groups is 1. The maximum atomic E-state index is 12.6. The molecule has 1 heterocycles. The maximum absolute atomic E-state index is 12.6. The van der Waals surface area contributed by atoms with Gasteiger partial charge in [0.1, 0.15) is 11.7 Å². The molecule has 0 bridgehead atoms. The van der Waals surface area contributed by atoms with Gasteiger partial charge < -0.3 is 10.0 Å². The summed E-state index contributed by atoms with van der Waals surface area (Å²) in [5, 5.41) is 20.7. The fourth-order valence-electron chi connectivity index (χ4n) is 3.08. The minimum absolute atomic E-state index is 0.133. The molecule has 138 valence electrons. The zero-order valence-corrected chi connectivity index (χ0v) is 14.9. The molecule has 0 saturated carbocycles. The van der Waals surface area contributed by atoms with E-state index in [4.69, 9.17) is 0 Å². The third-order valence-corrected chi connectivity index (χ3v) is 6.38. The van der Waals surface area contributed by atoms with E-state index in [1.165, 1.54) is 21.3 Å². The molecular weight excluding hydrogens is 350 g/mol. The first-order valence-electron chi connectivity index (χ1n) is 8.02. The number of benzene rings is 1. The Balaban J connectivity index is 2.52. The number of anilines is 1. The summed E-state index contributed by atoms with van der Waals surface area (Å²) >= 11 is 0. The second kappa shape index (κ2) is 7.36. The van der Waals surface area contributed by atoms with Crippen molar-refractivity contribution in [1.29, 1.82) is 0 Å². The number of nitro benzene ring substituents is 1. The third-order valence-electron chi connectivity index (χ3n) is 4.33. The van der Waals surface area contributed by atoms with E-state index in [9.17, 15) is 28.4 Å². The SMILES string of the molecule is CCN(CC)S(=O)(=O)c1ccc(N2CCC[C@@H]2C(=O)O)c([N+](=O)[O-])c1. The number of hydrogen-bond acceptors (Lipinski definition) is 6. The van der Waals surface area contributed by atoms with Gasteiger partial charge in [-0.3, -0.25) is 10.1 Å². The Hall–Kier alpha value is -2.20. The van der Waals surface area contributed by atoms with Crippen LogP contribution in [0, 0.1) is 10.1 Å². The molecule has 0 unspecified atom stereocenters. The second-order valence-electron chi connectivity index (χ2n) is 5.69. The van der Waals surface area contributed by atoms with Gasteiger partial charge in [0, 0.05) is 25.7 Å². The maximum Gasteiger partial charge on any atom is 0.326 e. The van der Waals surface area contributed by atoms with Crippen LogP contribution in [0.15, 0.2) is 23.1 Å². The van der Waals surface area contributed by atoms with E-state index in [2.05, 4.69) is 0 Å². The molecule has 1 atom stereocenters. The summed E-state index contributed by atoms with van der Waals surface area (Å²) in [5.41, 5.74) is -0.269. The summed E-state index contributed by atoms with van der Waals surface area (Å²) in [6.45, 7) is 4.25. The Bertz CT molecular complexity index is 775.